The van der Waals surface area contributed by atoms with Gasteiger partial charge in [0.1, 0.15) is 0 Å². The highest BCUT2D eigenvalue weighted by atomic mass is 35.5. The van der Waals surface area contributed by atoms with E-state index in [1.54, 1.807) is 6.07 Å². The monoisotopic (exact) mass is 346 g/mol. The zero-order chi connectivity index (χ0) is 16.2. The second-order valence-electron chi connectivity index (χ2n) is 5.22. The predicted octanol–water partition coefficient (Wildman–Crippen LogP) is 3.96. The van der Waals surface area contributed by atoms with Crippen molar-refractivity contribution in [1.29, 1.82) is 0 Å². The minimum atomic E-state index is -0.0605. The lowest BCUT2D eigenvalue weighted by Gasteiger charge is -2.17. The number of anilines is 2. The van der Waals surface area contributed by atoms with Crippen LogP contribution >= 0.6 is 23.4 Å². The standard InChI is InChI=1S/C17H15ClN2O2S/c18-12-4-1-11(2-5-12)3-8-16(21)19-13-6-7-15-14(9-13)20-17(22)10-23-15/h1-2,4-7,9H,3,8,10H2,(H,19,21)(H,20,22). The third-order valence-corrected chi connectivity index (χ3v) is 4.78. The molecule has 6 heteroatoms. The van der Waals surface area contributed by atoms with Crippen molar-refractivity contribution in [3.8, 4) is 0 Å². The molecule has 3 rings (SSSR count). The van der Waals surface area contributed by atoms with Gasteiger partial charge in [-0.1, -0.05) is 23.7 Å². The highest BCUT2D eigenvalue weighted by Gasteiger charge is 2.15. The van der Waals surface area contributed by atoms with E-state index in [4.69, 9.17) is 11.6 Å². The number of thioether (sulfide) groups is 1. The van der Waals surface area contributed by atoms with Crippen LogP contribution in [-0.2, 0) is 16.0 Å². The van der Waals surface area contributed by atoms with E-state index in [-0.39, 0.29) is 11.8 Å². The van der Waals surface area contributed by atoms with E-state index in [0.717, 1.165) is 16.1 Å². The highest BCUT2D eigenvalue weighted by Crippen LogP contribution is 2.33. The number of hydrogen-bond donors (Lipinski definition) is 2. The average Bonchev–Trinajstić information content (AvgIpc) is 2.54. The number of benzene rings is 2. The van der Waals surface area contributed by atoms with E-state index in [0.29, 0.717) is 29.3 Å². The van der Waals surface area contributed by atoms with Gasteiger partial charge in [-0.2, -0.15) is 0 Å². The van der Waals surface area contributed by atoms with Gasteiger partial charge in [0.05, 0.1) is 11.4 Å². The molecule has 0 saturated carbocycles. The summed E-state index contributed by atoms with van der Waals surface area (Å²) in [5.41, 5.74) is 2.51. The molecule has 1 aliphatic heterocycles. The van der Waals surface area contributed by atoms with Crippen LogP contribution in [0.5, 0.6) is 0 Å². The van der Waals surface area contributed by atoms with Gasteiger partial charge in [-0.15, -0.1) is 11.8 Å². The third kappa shape index (κ3) is 4.27. The minimum absolute atomic E-state index is 0.0197. The van der Waals surface area contributed by atoms with Gasteiger partial charge in [0.2, 0.25) is 11.8 Å². The summed E-state index contributed by atoms with van der Waals surface area (Å²) in [6, 6.07) is 13.0. The highest BCUT2D eigenvalue weighted by molar-refractivity contribution is 8.00. The molecule has 0 aliphatic carbocycles. The summed E-state index contributed by atoms with van der Waals surface area (Å²) in [6.07, 6.45) is 1.04. The van der Waals surface area contributed by atoms with Gasteiger partial charge in [0.25, 0.3) is 0 Å². The first-order chi connectivity index (χ1) is 11.1. The Morgan fingerprint density at radius 3 is 2.78 bits per heavy atom. The molecule has 2 amide bonds. The molecule has 1 heterocycles. The summed E-state index contributed by atoms with van der Waals surface area (Å²) in [7, 11) is 0. The zero-order valence-corrected chi connectivity index (χ0v) is 13.8. The molecular formula is C17H15ClN2O2S. The maximum absolute atomic E-state index is 12.1. The maximum Gasteiger partial charge on any atom is 0.234 e. The van der Waals surface area contributed by atoms with Crippen molar-refractivity contribution in [2.45, 2.75) is 17.7 Å². The molecule has 0 radical (unpaired) electrons. The smallest absolute Gasteiger partial charge is 0.234 e. The Morgan fingerprint density at radius 1 is 1.22 bits per heavy atom. The molecule has 118 valence electrons. The molecule has 2 aromatic rings. The summed E-state index contributed by atoms with van der Waals surface area (Å²) >= 11 is 7.34. The van der Waals surface area contributed by atoms with E-state index >= 15 is 0 Å². The fraction of sp³-hybridized carbons (Fsp3) is 0.176. The van der Waals surface area contributed by atoms with Gasteiger partial charge in [-0.3, -0.25) is 9.59 Å². The van der Waals surface area contributed by atoms with Gasteiger partial charge in [0, 0.05) is 22.0 Å². The number of aryl methyl sites for hydroxylation is 1. The first-order valence-corrected chi connectivity index (χ1v) is 8.57. The molecule has 4 nitrogen and oxygen atoms in total. The van der Waals surface area contributed by atoms with E-state index in [9.17, 15) is 9.59 Å². The first-order valence-electron chi connectivity index (χ1n) is 7.21. The molecule has 0 unspecified atom stereocenters. The summed E-state index contributed by atoms with van der Waals surface area (Å²) in [5.74, 6) is 0.350. The lowest BCUT2D eigenvalue weighted by Crippen LogP contribution is -2.19. The molecule has 2 aromatic carbocycles. The Bertz CT molecular complexity index is 747. The number of nitrogens with one attached hydrogen (secondary N) is 2. The average molecular weight is 347 g/mol. The van der Waals surface area contributed by atoms with Gasteiger partial charge < -0.3 is 10.6 Å². The van der Waals surface area contributed by atoms with Crippen LogP contribution < -0.4 is 10.6 Å². The molecule has 0 saturated heterocycles. The number of halogens is 1. The van der Waals surface area contributed by atoms with Gasteiger partial charge >= 0.3 is 0 Å². The Hall–Kier alpha value is -1.98. The molecule has 0 atom stereocenters. The molecule has 2 N–H and O–H groups in total. The Labute approximate surface area is 143 Å². The topological polar surface area (TPSA) is 58.2 Å². The van der Waals surface area contributed by atoms with Crippen LogP contribution in [-0.4, -0.2) is 17.6 Å². The van der Waals surface area contributed by atoms with Crippen molar-refractivity contribution in [3.05, 3.63) is 53.1 Å². The Kier molecular flexibility index (Phi) is 4.88. The normalized spacial score (nSPS) is 13.2. The summed E-state index contributed by atoms with van der Waals surface area (Å²) < 4.78 is 0. The third-order valence-electron chi connectivity index (χ3n) is 3.45. The van der Waals surface area contributed by atoms with Crippen LogP contribution in [0.4, 0.5) is 11.4 Å². The lowest BCUT2D eigenvalue weighted by atomic mass is 10.1. The molecule has 0 fully saturated rings. The lowest BCUT2D eigenvalue weighted by molar-refractivity contribution is -0.116. The number of fused-ring (bicyclic) bond motifs is 1. The van der Waals surface area contributed by atoms with Crippen molar-refractivity contribution >= 4 is 46.6 Å². The van der Waals surface area contributed by atoms with Crippen molar-refractivity contribution in [2.24, 2.45) is 0 Å². The van der Waals surface area contributed by atoms with Crippen molar-refractivity contribution in [1.82, 2.24) is 0 Å². The SMILES string of the molecule is O=C(CCc1ccc(Cl)cc1)Nc1ccc2c(c1)NC(=O)CS2. The fourth-order valence-electron chi connectivity index (χ4n) is 2.29. The molecule has 0 bridgehead atoms. The quantitative estimate of drug-likeness (QED) is 0.881. The molecule has 1 aliphatic rings. The molecule has 23 heavy (non-hydrogen) atoms. The Morgan fingerprint density at radius 2 is 2.00 bits per heavy atom. The van der Waals surface area contributed by atoms with Crippen LogP contribution in [0.15, 0.2) is 47.4 Å². The second kappa shape index (κ2) is 7.06. The number of carbonyl (C=O) groups excluding carboxylic acids is 2. The molecular weight excluding hydrogens is 332 g/mol. The largest absolute Gasteiger partial charge is 0.326 e. The Balaban J connectivity index is 1.58. The van der Waals surface area contributed by atoms with Crippen LogP contribution in [0, 0.1) is 0 Å². The predicted molar refractivity (Wildman–Crippen MR) is 94.2 cm³/mol. The minimum Gasteiger partial charge on any atom is -0.326 e. The van der Waals surface area contributed by atoms with Gasteiger partial charge in [0.15, 0.2) is 0 Å². The summed E-state index contributed by atoms with van der Waals surface area (Å²) in [5, 5.41) is 6.36. The van der Waals surface area contributed by atoms with E-state index in [1.165, 1.54) is 11.8 Å². The number of amides is 2. The van der Waals surface area contributed by atoms with Crippen LogP contribution in [0.3, 0.4) is 0 Å². The van der Waals surface area contributed by atoms with Crippen LogP contribution in [0.25, 0.3) is 0 Å². The second-order valence-corrected chi connectivity index (χ2v) is 6.68. The number of rotatable bonds is 4. The zero-order valence-electron chi connectivity index (χ0n) is 12.3. The van der Waals surface area contributed by atoms with E-state index in [2.05, 4.69) is 10.6 Å². The molecule has 0 aromatic heterocycles. The fourth-order valence-corrected chi connectivity index (χ4v) is 3.21. The number of hydrogen-bond acceptors (Lipinski definition) is 3. The summed E-state index contributed by atoms with van der Waals surface area (Å²) in [6.45, 7) is 0. The van der Waals surface area contributed by atoms with Crippen LogP contribution in [0.1, 0.15) is 12.0 Å². The first kappa shape index (κ1) is 15.9. The van der Waals surface area contributed by atoms with Crippen LogP contribution in [0.2, 0.25) is 5.02 Å². The van der Waals surface area contributed by atoms with E-state index < -0.39 is 0 Å². The van der Waals surface area contributed by atoms with Gasteiger partial charge in [-0.25, -0.2) is 0 Å². The van der Waals surface area contributed by atoms with Crippen molar-refractivity contribution in [3.63, 3.8) is 0 Å². The van der Waals surface area contributed by atoms with Crippen molar-refractivity contribution in [2.75, 3.05) is 16.4 Å². The van der Waals surface area contributed by atoms with Gasteiger partial charge in [-0.05, 0) is 42.3 Å². The summed E-state index contributed by atoms with van der Waals surface area (Å²) in [4.78, 5) is 24.5. The maximum atomic E-state index is 12.1. The van der Waals surface area contributed by atoms with Crippen molar-refractivity contribution < 1.29 is 9.59 Å². The van der Waals surface area contributed by atoms with E-state index in [1.807, 2.05) is 36.4 Å². The molecule has 0 spiro atoms. The number of carbonyl (C=O) groups is 2.